The molecule has 6 rings (SSSR count). The SMILES string of the molecule is Cc1c(F)cccc1Nc1c2[nH]c3c1C(=O)NCC3CCC[C@@H](C)Oc1ccc3nccc-2c3n1. The van der Waals surface area contributed by atoms with Crippen LogP contribution in [0, 0.1) is 12.7 Å². The van der Waals surface area contributed by atoms with Crippen LogP contribution in [-0.4, -0.2) is 33.5 Å². The predicted molar refractivity (Wildman–Crippen MR) is 133 cm³/mol. The lowest BCUT2D eigenvalue weighted by molar-refractivity contribution is 0.0939. The number of amides is 1. The van der Waals surface area contributed by atoms with Crippen LogP contribution < -0.4 is 15.4 Å². The van der Waals surface area contributed by atoms with Crippen LogP contribution >= 0.6 is 0 Å². The van der Waals surface area contributed by atoms with Crippen molar-refractivity contribution in [3.05, 3.63) is 65.2 Å². The third-order valence-electron chi connectivity index (χ3n) is 7.01. The Kier molecular flexibility index (Phi) is 5.16. The van der Waals surface area contributed by atoms with Crippen molar-refractivity contribution in [2.45, 2.75) is 45.1 Å². The van der Waals surface area contributed by atoms with E-state index < -0.39 is 0 Å². The van der Waals surface area contributed by atoms with Gasteiger partial charge in [0, 0.05) is 47.2 Å². The number of hydrogen-bond donors (Lipinski definition) is 3. The number of anilines is 2. The molecule has 178 valence electrons. The first-order chi connectivity index (χ1) is 17.0. The summed E-state index contributed by atoms with van der Waals surface area (Å²) in [5.41, 5.74) is 6.09. The fourth-order valence-electron chi connectivity index (χ4n) is 5.11. The molecule has 2 aliphatic heterocycles. The smallest absolute Gasteiger partial charge is 0.255 e. The number of pyridine rings is 2. The zero-order valence-corrected chi connectivity index (χ0v) is 19.6. The molecule has 0 aliphatic carbocycles. The summed E-state index contributed by atoms with van der Waals surface area (Å²) < 4.78 is 20.5. The number of hydrogen-bond acceptors (Lipinski definition) is 5. The molecule has 0 spiro atoms. The molecule has 0 saturated carbocycles. The fourth-order valence-corrected chi connectivity index (χ4v) is 5.11. The van der Waals surface area contributed by atoms with Crippen molar-refractivity contribution in [2.24, 2.45) is 0 Å². The zero-order chi connectivity index (χ0) is 24.1. The molecule has 1 amide bonds. The second-order valence-electron chi connectivity index (χ2n) is 9.34. The minimum atomic E-state index is -0.308. The van der Waals surface area contributed by atoms with E-state index in [0.29, 0.717) is 40.4 Å². The normalized spacial score (nSPS) is 19.3. The number of fused-ring (bicyclic) bond motifs is 3. The highest BCUT2D eigenvalue weighted by Gasteiger charge is 2.33. The van der Waals surface area contributed by atoms with E-state index >= 15 is 0 Å². The van der Waals surface area contributed by atoms with Gasteiger partial charge in [0.1, 0.15) is 11.3 Å². The van der Waals surface area contributed by atoms with Crippen LogP contribution in [0.2, 0.25) is 0 Å². The van der Waals surface area contributed by atoms with Gasteiger partial charge in [-0.05, 0) is 57.4 Å². The molecule has 1 unspecified atom stereocenters. The molecule has 0 fully saturated rings. The number of aromatic nitrogens is 3. The lowest BCUT2D eigenvalue weighted by Crippen LogP contribution is -2.35. The maximum absolute atomic E-state index is 14.4. The molecule has 35 heavy (non-hydrogen) atoms. The number of nitrogens with zero attached hydrogens (tertiary/aromatic N) is 2. The minimum Gasteiger partial charge on any atom is -0.475 e. The summed E-state index contributed by atoms with van der Waals surface area (Å²) in [6.07, 6.45) is 4.47. The van der Waals surface area contributed by atoms with E-state index in [1.807, 2.05) is 24.3 Å². The van der Waals surface area contributed by atoms with Crippen molar-refractivity contribution in [2.75, 3.05) is 11.9 Å². The molecule has 8 heteroatoms. The number of carbonyl (C=O) groups is 1. The van der Waals surface area contributed by atoms with Crippen molar-refractivity contribution < 1.29 is 13.9 Å². The number of aromatic amines is 1. The van der Waals surface area contributed by atoms with Crippen molar-refractivity contribution in [3.63, 3.8) is 0 Å². The number of halogens is 1. The van der Waals surface area contributed by atoms with Gasteiger partial charge in [0.25, 0.3) is 5.91 Å². The van der Waals surface area contributed by atoms with Crippen LogP contribution in [-0.2, 0) is 0 Å². The molecular formula is C27H26FN5O2. The summed E-state index contributed by atoms with van der Waals surface area (Å²) in [4.78, 5) is 26.1. The summed E-state index contributed by atoms with van der Waals surface area (Å²) in [6.45, 7) is 4.34. The van der Waals surface area contributed by atoms with Gasteiger partial charge in [0.15, 0.2) is 0 Å². The monoisotopic (exact) mass is 471 g/mol. The van der Waals surface area contributed by atoms with Gasteiger partial charge in [-0.2, -0.15) is 0 Å². The van der Waals surface area contributed by atoms with Gasteiger partial charge >= 0.3 is 0 Å². The van der Waals surface area contributed by atoms with Gasteiger partial charge in [-0.3, -0.25) is 9.78 Å². The van der Waals surface area contributed by atoms with E-state index in [-0.39, 0.29) is 23.7 Å². The molecule has 0 radical (unpaired) electrons. The van der Waals surface area contributed by atoms with E-state index in [4.69, 9.17) is 9.72 Å². The molecule has 0 saturated heterocycles. The maximum Gasteiger partial charge on any atom is 0.255 e. The molecular weight excluding hydrogens is 445 g/mol. The van der Waals surface area contributed by atoms with Crippen LogP contribution in [0.15, 0.2) is 42.6 Å². The second-order valence-corrected chi connectivity index (χ2v) is 9.34. The number of H-pyrrole nitrogens is 1. The van der Waals surface area contributed by atoms with Crippen LogP contribution in [0.3, 0.4) is 0 Å². The van der Waals surface area contributed by atoms with Gasteiger partial charge in [-0.1, -0.05) is 6.07 Å². The lowest BCUT2D eigenvalue weighted by atomic mass is 9.91. The molecule has 3 aromatic heterocycles. The predicted octanol–water partition coefficient (Wildman–Crippen LogP) is 5.59. The average molecular weight is 472 g/mol. The molecule has 4 bridgehead atoms. The summed E-state index contributed by atoms with van der Waals surface area (Å²) in [7, 11) is 0. The largest absolute Gasteiger partial charge is 0.475 e. The van der Waals surface area contributed by atoms with Gasteiger partial charge in [0.05, 0.1) is 28.6 Å². The Labute approximate surface area is 202 Å². The van der Waals surface area contributed by atoms with Crippen molar-refractivity contribution in [3.8, 4) is 17.1 Å². The highest BCUT2D eigenvalue weighted by atomic mass is 19.1. The standard InChI is InChI=1S/C27H26FN5O2/c1-14-5-3-6-16-13-30-27(34)22-23(16)33-25(26(22)31-19-8-4-7-18(28)15(19)2)17-11-12-29-20-9-10-21(35-14)32-24(17)20/h4,7-12,14,16,31,33H,3,5-6,13H2,1-2H3,(H,30,34)/t14-,16?/m1/s1. The Morgan fingerprint density at radius 2 is 2.06 bits per heavy atom. The van der Waals surface area contributed by atoms with Crippen LogP contribution in [0.4, 0.5) is 15.8 Å². The first kappa shape index (κ1) is 21.6. The van der Waals surface area contributed by atoms with E-state index in [0.717, 1.165) is 41.7 Å². The van der Waals surface area contributed by atoms with E-state index in [9.17, 15) is 9.18 Å². The highest BCUT2D eigenvalue weighted by molar-refractivity contribution is 6.08. The van der Waals surface area contributed by atoms with E-state index in [2.05, 4.69) is 27.5 Å². The summed E-state index contributed by atoms with van der Waals surface area (Å²) in [6, 6.07) is 10.5. The number of carbonyl (C=O) groups excluding carboxylic acids is 1. The Bertz CT molecular complexity index is 1460. The van der Waals surface area contributed by atoms with E-state index in [1.54, 1.807) is 19.2 Å². The molecule has 4 aromatic rings. The molecule has 2 aliphatic rings. The Hall–Kier alpha value is -3.94. The topological polar surface area (TPSA) is 91.9 Å². The van der Waals surface area contributed by atoms with Crippen molar-refractivity contribution in [1.82, 2.24) is 20.3 Å². The minimum absolute atomic E-state index is 0.0185. The molecule has 7 nitrogen and oxygen atoms in total. The first-order valence-electron chi connectivity index (χ1n) is 12.0. The number of rotatable bonds is 2. The third-order valence-corrected chi connectivity index (χ3v) is 7.01. The second kappa shape index (κ2) is 8.37. The van der Waals surface area contributed by atoms with Gasteiger partial charge in [-0.15, -0.1) is 0 Å². The number of nitrogens with one attached hydrogen (secondary N) is 3. The third kappa shape index (κ3) is 3.69. The summed E-state index contributed by atoms with van der Waals surface area (Å²) in [5.74, 6) is 0.220. The van der Waals surface area contributed by atoms with Crippen LogP contribution in [0.5, 0.6) is 5.88 Å². The first-order valence-corrected chi connectivity index (χ1v) is 12.0. The molecule has 3 N–H and O–H groups in total. The molecule has 2 atom stereocenters. The van der Waals surface area contributed by atoms with Gasteiger partial charge < -0.3 is 20.4 Å². The quantitative estimate of drug-likeness (QED) is 0.354. The number of benzene rings is 1. The molecule has 5 heterocycles. The number of ether oxygens (including phenoxy) is 1. The lowest BCUT2D eigenvalue weighted by Gasteiger charge is -2.24. The van der Waals surface area contributed by atoms with E-state index in [1.165, 1.54) is 6.07 Å². The Balaban J connectivity index is 1.63. The average Bonchev–Trinajstić information content (AvgIpc) is 3.23. The van der Waals surface area contributed by atoms with Crippen molar-refractivity contribution in [1.29, 1.82) is 0 Å². The summed E-state index contributed by atoms with van der Waals surface area (Å²) >= 11 is 0. The molecule has 1 aromatic carbocycles. The van der Waals surface area contributed by atoms with Crippen molar-refractivity contribution >= 4 is 28.3 Å². The van der Waals surface area contributed by atoms with Crippen LogP contribution in [0.25, 0.3) is 22.3 Å². The highest BCUT2D eigenvalue weighted by Crippen LogP contribution is 2.43. The van der Waals surface area contributed by atoms with Gasteiger partial charge in [0.2, 0.25) is 5.88 Å². The Morgan fingerprint density at radius 1 is 1.17 bits per heavy atom. The maximum atomic E-state index is 14.4. The fraction of sp³-hybridized carbons (Fsp3) is 0.296. The Morgan fingerprint density at radius 3 is 2.94 bits per heavy atom. The summed E-state index contributed by atoms with van der Waals surface area (Å²) in [5, 5.41) is 6.44. The van der Waals surface area contributed by atoms with Gasteiger partial charge in [-0.25, -0.2) is 9.37 Å². The zero-order valence-electron chi connectivity index (χ0n) is 19.6. The van der Waals surface area contributed by atoms with Crippen LogP contribution in [0.1, 0.15) is 53.7 Å².